The normalized spacial score (nSPS) is 11.2. The van der Waals surface area contributed by atoms with Crippen molar-refractivity contribution in [1.82, 2.24) is 9.97 Å². The molecule has 1 N–H and O–H groups in total. The van der Waals surface area contributed by atoms with Gasteiger partial charge in [0.15, 0.2) is 0 Å². The van der Waals surface area contributed by atoms with Crippen LogP contribution in [0.2, 0.25) is 0 Å². The largest absolute Gasteiger partial charge is 0.338 e. The van der Waals surface area contributed by atoms with E-state index in [4.69, 9.17) is 0 Å². The number of para-hydroxylation sites is 2. The quantitative estimate of drug-likeness (QED) is 0.536. The van der Waals surface area contributed by atoms with Crippen molar-refractivity contribution in [3.05, 3.63) is 66.5 Å². The first-order valence-electron chi connectivity index (χ1n) is 6.45. The van der Waals surface area contributed by atoms with Crippen LogP contribution in [0, 0.1) is 5.82 Å². The Kier molecular flexibility index (Phi) is 2.33. The molecule has 0 aliphatic heterocycles. The first-order valence-corrected chi connectivity index (χ1v) is 6.45. The van der Waals surface area contributed by atoms with Crippen molar-refractivity contribution in [1.29, 1.82) is 0 Å². The standard InChI is InChI=1S/C17H11FN2/c18-14-8-4-5-11-12(14)6-3-7-13(11)17-19-15-9-1-2-10-16(15)20-17/h1-10H,(H,19,20). The molecule has 0 atom stereocenters. The first-order chi connectivity index (χ1) is 9.83. The zero-order valence-electron chi connectivity index (χ0n) is 10.6. The van der Waals surface area contributed by atoms with E-state index in [0.717, 1.165) is 27.8 Å². The smallest absolute Gasteiger partial charge is 0.139 e. The molecule has 20 heavy (non-hydrogen) atoms. The molecule has 2 nitrogen and oxygen atoms in total. The van der Waals surface area contributed by atoms with Crippen LogP contribution >= 0.6 is 0 Å². The number of halogens is 1. The molecule has 1 heterocycles. The van der Waals surface area contributed by atoms with Crippen LogP contribution in [0.1, 0.15) is 0 Å². The van der Waals surface area contributed by atoms with E-state index >= 15 is 0 Å². The van der Waals surface area contributed by atoms with E-state index in [1.165, 1.54) is 6.07 Å². The summed E-state index contributed by atoms with van der Waals surface area (Å²) in [6.07, 6.45) is 0. The lowest BCUT2D eigenvalue weighted by atomic mass is 10.0. The van der Waals surface area contributed by atoms with Crippen LogP contribution in [0.15, 0.2) is 60.7 Å². The summed E-state index contributed by atoms with van der Waals surface area (Å²) in [5, 5.41) is 1.48. The van der Waals surface area contributed by atoms with Crippen LogP contribution in [-0.2, 0) is 0 Å². The fourth-order valence-corrected chi connectivity index (χ4v) is 2.56. The van der Waals surface area contributed by atoms with Crippen LogP contribution in [0.4, 0.5) is 4.39 Å². The molecule has 4 rings (SSSR count). The van der Waals surface area contributed by atoms with Gasteiger partial charge in [0.1, 0.15) is 11.6 Å². The summed E-state index contributed by atoms with van der Waals surface area (Å²) in [5.74, 6) is 0.558. The van der Waals surface area contributed by atoms with E-state index in [1.54, 1.807) is 12.1 Å². The van der Waals surface area contributed by atoms with E-state index in [2.05, 4.69) is 9.97 Å². The fraction of sp³-hybridized carbons (Fsp3) is 0. The third-order valence-electron chi connectivity index (χ3n) is 3.51. The monoisotopic (exact) mass is 262 g/mol. The van der Waals surface area contributed by atoms with Crippen LogP contribution in [-0.4, -0.2) is 9.97 Å². The number of benzene rings is 3. The van der Waals surface area contributed by atoms with Crippen LogP contribution in [0.25, 0.3) is 33.2 Å². The number of fused-ring (bicyclic) bond motifs is 2. The number of imidazole rings is 1. The third-order valence-corrected chi connectivity index (χ3v) is 3.51. The first kappa shape index (κ1) is 11.2. The second-order valence-corrected chi connectivity index (χ2v) is 4.74. The number of H-pyrrole nitrogens is 1. The number of nitrogens with one attached hydrogen (secondary N) is 1. The van der Waals surface area contributed by atoms with Gasteiger partial charge in [0.05, 0.1) is 11.0 Å². The third kappa shape index (κ3) is 1.60. The summed E-state index contributed by atoms with van der Waals surface area (Å²) in [4.78, 5) is 7.87. The fourth-order valence-electron chi connectivity index (χ4n) is 2.56. The zero-order valence-corrected chi connectivity index (χ0v) is 10.6. The SMILES string of the molecule is Fc1cccc2c(-c3nc4ccccc4[nH]3)cccc12. The summed E-state index contributed by atoms with van der Waals surface area (Å²) in [6.45, 7) is 0. The zero-order chi connectivity index (χ0) is 13.5. The second kappa shape index (κ2) is 4.17. The molecule has 1 aromatic heterocycles. The van der Waals surface area contributed by atoms with Gasteiger partial charge in [-0.1, -0.05) is 42.5 Å². The molecule has 0 radical (unpaired) electrons. The summed E-state index contributed by atoms with van der Waals surface area (Å²) < 4.78 is 13.9. The lowest BCUT2D eigenvalue weighted by Gasteiger charge is -2.04. The van der Waals surface area contributed by atoms with Crippen molar-refractivity contribution < 1.29 is 4.39 Å². The maximum absolute atomic E-state index is 13.9. The number of hydrogen-bond acceptors (Lipinski definition) is 1. The number of hydrogen-bond donors (Lipinski definition) is 1. The summed E-state index contributed by atoms with van der Waals surface area (Å²) >= 11 is 0. The van der Waals surface area contributed by atoms with E-state index in [0.29, 0.717) is 5.39 Å². The van der Waals surface area contributed by atoms with Gasteiger partial charge in [0.2, 0.25) is 0 Å². The number of aromatic amines is 1. The Hall–Kier alpha value is -2.68. The molecule has 3 aromatic carbocycles. The molecule has 0 saturated carbocycles. The van der Waals surface area contributed by atoms with Gasteiger partial charge in [-0.15, -0.1) is 0 Å². The molecule has 0 fully saturated rings. The van der Waals surface area contributed by atoms with Crippen molar-refractivity contribution in [3.63, 3.8) is 0 Å². The Bertz CT molecular complexity index is 891. The highest BCUT2D eigenvalue weighted by Crippen LogP contribution is 2.29. The van der Waals surface area contributed by atoms with Gasteiger partial charge >= 0.3 is 0 Å². The molecule has 0 saturated heterocycles. The van der Waals surface area contributed by atoms with Crippen molar-refractivity contribution in [2.75, 3.05) is 0 Å². The molecule has 4 aromatic rings. The second-order valence-electron chi connectivity index (χ2n) is 4.74. The molecule has 96 valence electrons. The van der Waals surface area contributed by atoms with Gasteiger partial charge in [0.25, 0.3) is 0 Å². The van der Waals surface area contributed by atoms with E-state index in [-0.39, 0.29) is 5.82 Å². The van der Waals surface area contributed by atoms with Crippen molar-refractivity contribution in [2.24, 2.45) is 0 Å². The van der Waals surface area contributed by atoms with Gasteiger partial charge in [0, 0.05) is 10.9 Å². The lowest BCUT2D eigenvalue weighted by molar-refractivity contribution is 0.640. The molecular weight excluding hydrogens is 251 g/mol. The van der Waals surface area contributed by atoms with Crippen molar-refractivity contribution in [2.45, 2.75) is 0 Å². The molecule has 0 aliphatic carbocycles. The van der Waals surface area contributed by atoms with Crippen LogP contribution in [0.5, 0.6) is 0 Å². The molecule has 0 aliphatic rings. The van der Waals surface area contributed by atoms with Gasteiger partial charge in [-0.05, 0) is 23.6 Å². The average Bonchev–Trinajstić information content (AvgIpc) is 2.91. The Balaban J connectivity index is 2.04. The van der Waals surface area contributed by atoms with E-state index < -0.39 is 0 Å². The van der Waals surface area contributed by atoms with Crippen LogP contribution in [0.3, 0.4) is 0 Å². The maximum atomic E-state index is 13.9. The molecule has 0 spiro atoms. The Morgan fingerprint density at radius 2 is 1.60 bits per heavy atom. The summed E-state index contributed by atoms with van der Waals surface area (Å²) in [5.41, 5.74) is 2.81. The van der Waals surface area contributed by atoms with E-state index in [9.17, 15) is 4.39 Å². The molecule has 0 unspecified atom stereocenters. The minimum Gasteiger partial charge on any atom is -0.338 e. The van der Waals surface area contributed by atoms with E-state index in [1.807, 2.05) is 42.5 Å². The van der Waals surface area contributed by atoms with Crippen LogP contribution < -0.4 is 0 Å². The van der Waals surface area contributed by atoms with Gasteiger partial charge in [-0.25, -0.2) is 9.37 Å². The number of nitrogens with zero attached hydrogens (tertiary/aromatic N) is 1. The maximum Gasteiger partial charge on any atom is 0.139 e. The summed E-state index contributed by atoms with van der Waals surface area (Å²) in [6, 6.07) is 18.6. The van der Waals surface area contributed by atoms with Crippen molar-refractivity contribution in [3.8, 4) is 11.4 Å². The van der Waals surface area contributed by atoms with Gasteiger partial charge < -0.3 is 4.98 Å². The van der Waals surface area contributed by atoms with Gasteiger partial charge in [-0.2, -0.15) is 0 Å². The Labute approximate surface area is 114 Å². The molecular formula is C17H11FN2. The van der Waals surface area contributed by atoms with Crippen molar-refractivity contribution >= 4 is 21.8 Å². The highest BCUT2D eigenvalue weighted by molar-refractivity contribution is 5.96. The van der Waals surface area contributed by atoms with Gasteiger partial charge in [-0.3, -0.25) is 0 Å². The highest BCUT2D eigenvalue weighted by Gasteiger charge is 2.10. The predicted molar refractivity (Wildman–Crippen MR) is 79.0 cm³/mol. The molecule has 0 amide bonds. The summed E-state index contributed by atoms with van der Waals surface area (Å²) in [7, 11) is 0. The molecule has 3 heteroatoms. The average molecular weight is 262 g/mol. The minimum atomic E-state index is -0.208. The molecule has 0 bridgehead atoms. The Morgan fingerprint density at radius 3 is 2.50 bits per heavy atom. The number of rotatable bonds is 1. The topological polar surface area (TPSA) is 28.7 Å². The highest BCUT2D eigenvalue weighted by atomic mass is 19.1. The Morgan fingerprint density at radius 1 is 0.800 bits per heavy atom. The lowest BCUT2D eigenvalue weighted by Crippen LogP contribution is -1.85. The minimum absolute atomic E-state index is 0.208. The predicted octanol–water partition coefficient (Wildman–Crippen LogP) is 4.52. The number of aromatic nitrogens is 2.